The number of sulfonamides is 1. The Balaban J connectivity index is 1.51. The lowest BCUT2D eigenvalue weighted by atomic mass is 10.1. The molecule has 0 bridgehead atoms. The van der Waals surface area contributed by atoms with Gasteiger partial charge in [-0.1, -0.05) is 24.3 Å². The molecule has 2 heterocycles. The number of benzene rings is 2. The van der Waals surface area contributed by atoms with Crippen molar-refractivity contribution in [2.45, 2.75) is 31.7 Å². The minimum Gasteiger partial charge on any atom is -0.449 e. The van der Waals surface area contributed by atoms with Crippen molar-refractivity contribution in [1.82, 2.24) is 9.29 Å². The summed E-state index contributed by atoms with van der Waals surface area (Å²) in [6.07, 6.45) is 1.57. The maximum atomic E-state index is 13.2. The lowest BCUT2D eigenvalue weighted by molar-refractivity contribution is 0.342. The van der Waals surface area contributed by atoms with E-state index in [2.05, 4.69) is 41.9 Å². The normalized spacial score (nSPS) is 18.2. The van der Waals surface area contributed by atoms with Crippen LogP contribution in [0.25, 0.3) is 11.3 Å². The van der Waals surface area contributed by atoms with Crippen molar-refractivity contribution in [3.05, 3.63) is 66.2 Å². The van der Waals surface area contributed by atoms with Crippen LogP contribution in [0, 0.1) is 13.8 Å². The predicted molar refractivity (Wildman–Crippen MR) is 113 cm³/mol. The van der Waals surface area contributed by atoms with Gasteiger partial charge in [-0.3, -0.25) is 0 Å². The molecule has 1 aromatic heterocycles. The summed E-state index contributed by atoms with van der Waals surface area (Å²) in [6.45, 7) is 7.50. The van der Waals surface area contributed by atoms with Gasteiger partial charge in [-0.2, -0.15) is 4.31 Å². The average Bonchev–Trinajstić information content (AvgIpc) is 3.14. The lowest BCUT2D eigenvalue weighted by Gasteiger charge is -2.40. The SMILES string of the molecule is Cc1cccc(N2CCN(S(=O)(=O)c3ccc(-c4coc(C)n4)cc3)C[C@H]2C)c1. The molecule has 1 aliphatic heterocycles. The summed E-state index contributed by atoms with van der Waals surface area (Å²) in [7, 11) is -3.54. The summed E-state index contributed by atoms with van der Waals surface area (Å²) in [5.74, 6) is 0.581. The molecule has 0 unspecified atom stereocenters. The number of aryl methyl sites for hydroxylation is 2. The molecule has 1 fully saturated rings. The maximum Gasteiger partial charge on any atom is 0.243 e. The third-order valence-corrected chi connectivity index (χ3v) is 7.21. The highest BCUT2D eigenvalue weighted by atomic mass is 32.2. The third kappa shape index (κ3) is 3.93. The van der Waals surface area contributed by atoms with E-state index in [1.54, 1.807) is 41.8 Å². The molecule has 4 rings (SSSR count). The number of anilines is 1. The topological polar surface area (TPSA) is 66.7 Å². The minimum absolute atomic E-state index is 0.0951. The Morgan fingerprint density at radius 3 is 2.45 bits per heavy atom. The molecule has 0 saturated carbocycles. The highest BCUT2D eigenvalue weighted by Crippen LogP contribution is 2.26. The smallest absolute Gasteiger partial charge is 0.243 e. The number of hydrogen-bond acceptors (Lipinski definition) is 5. The van der Waals surface area contributed by atoms with E-state index in [1.165, 1.54) is 5.56 Å². The van der Waals surface area contributed by atoms with Crippen molar-refractivity contribution in [1.29, 1.82) is 0 Å². The Morgan fingerprint density at radius 2 is 1.83 bits per heavy atom. The third-order valence-electron chi connectivity index (χ3n) is 5.33. The lowest BCUT2D eigenvalue weighted by Crippen LogP contribution is -2.53. The average molecular weight is 412 g/mol. The molecule has 3 aromatic rings. The molecule has 0 amide bonds. The summed E-state index contributed by atoms with van der Waals surface area (Å²) in [4.78, 5) is 6.86. The fourth-order valence-corrected chi connectivity index (χ4v) is 5.29. The Morgan fingerprint density at radius 1 is 1.07 bits per heavy atom. The zero-order valence-corrected chi connectivity index (χ0v) is 17.7. The Hall–Kier alpha value is -2.64. The molecule has 0 spiro atoms. The van der Waals surface area contributed by atoms with Gasteiger partial charge in [0.1, 0.15) is 12.0 Å². The highest BCUT2D eigenvalue weighted by molar-refractivity contribution is 7.89. The molecule has 0 radical (unpaired) electrons. The molecule has 2 aromatic carbocycles. The minimum atomic E-state index is -3.54. The van der Waals surface area contributed by atoms with E-state index >= 15 is 0 Å². The van der Waals surface area contributed by atoms with Crippen LogP contribution in [-0.4, -0.2) is 43.4 Å². The first kappa shape index (κ1) is 19.7. The van der Waals surface area contributed by atoms with Crippen LogP contribution in [0.3, 0.4) is 0 Å². The number of nitrogens with zero attached hydrogens (tertiary/aromatic N) is 3. The van der Waals surface area contributed by atoms with Gasteiger partial charge in [0.2, 0.25) is 10.0 Å². The molecule has 1 atom stereocenters. The first-order valence-electron chi connectivity index (χ1n) is 9.70. The number of rotatable bonds is 4. The number of aromatic nitrogens is 1. The van der Waals surface area contributed by atoms with Gasteiger partial charge in [-0.05, 0) is 43.7 Å². The molecular weight excluding hydrogens is 386 g/mol. The molecule has 152 valence electrons. The summed E-state index contributed by atoms with van der Waals surface area (Å²) in [5.41, 5.74) is 3.87. The van der Waals surface area contributed by atoms with Gasteiger partial charge in [-0.25, -0.2) is 13.4 Å². The van der Waals surface area contributed by atoms with E-state index in [9.17, 15) is 8.42 Å². The summed E-state index contributed by atoms with van der Waals surface area (Å²) < 4.78 is 33.1. The molecule has 29 heavy (non-hydrogen) atoms. The van der Waals surface area contributed by atoms with Crippen LogP contribution < -0.4 is 4.90 Å². The summed E-state index contributed by atoms with van der Waals surface area (Å²) in [6, 6.07) is 15.3. The Bertz CT molecular complexity index is 1110. The number of oxazole rings is 1. The van der Waals surface area contributed by atoms with E-state index < -0.39 is 10.0 Å². The first-order valence-corrected chi connectivity index (χ1v) is 11.1. The first-order chi connectivity index (χ1) is 13.8. The van der Waals surface area contributed by atoms with E-state index in [1.807, 2.05) is 6.07 Å². The van der Waals surface area contributed by atoms with Crippen LogP contribution in [0.15, 0.2) is 64.1 Å². The summed E-state index contributed by atoms with van der Waals surface area (Å²) in [5, 5.41) is 0. The maximum absolute atomic E-state index is 13.2. The van der Waals surface area contributed by atoms with E-state index in [0.717, 1.165) is 11.3 Å². The van der Waals surface area contributed by atoms with Gasteiger partial charge in [-0.15, -0.1) is 0 Å². The van der Waals surface area contributed by atoms with Gasteiger partial charge in [0.25, 0.3) is 0 Å². The van der Waals surface area contributed by atoms with Crippen LogP contribution in [0.5, 0.6) is 0 Å². The van der Waals surface area contributed by atoms with E-state index in [4.69, 9.17) is 4.42 Å². The van der Waals surface area contributed by atoms with E-state index in [-0.39, 0.29) is 6.04 Å². The van der Waals surface area contributed by atoms with Gasteiger partial charge in [0.15, 0.2) is 5.89 Å². The van der Waals surface area contributed by atoms with Crippen molar-refractivity contribution in [3.63, 3.8) is 0 Å². The van der Waals surface area contributed by atoms with Gasteiger partial charge < -0.3 is 9.32 Å². The predicted octanol–water partition coefficient (Wildman–Crippen LogP) is 3.86. The second-order valence-electron chi connectivity index (χ2n) is 7.52. The molecular formula is C22H25N3O3S. The van der Waals surface area contributed by atoms with Crippen LogP contribution in [0.2, 0.25) is 0 Å². The fourth-order valence-electron chi connectivity index (χ4n) is 3.78. The van der Waals surface area contributed by atoms with Crippen LogP contribution in [0.1, 0.15) is 18.4 Å². The zero-order valence-electron chi connectivity index (χ0n) is 16.9. The van der Waals surface area contributed by atoms with Crippen LogP contribution >= 0.6 is 0 Å². The second-order valence-corrected chi connectivity index (χ2v) is 9.46. The Kier molecular flexibility index (Phi) is 5.19. The largest absolute Gasteiger partial charge is 0.449 e. The van der Waals surface area contributed by atoms with Gasteiger partial charge in [0.05, 0.1) is 4.90 Å². The number of piperazine rings is 1. The van der Waals surface area contributed by atoms with Crippen molar-refractivity contribution in [2.24, 2.45) is 0 Å². The number of hydrogen-bond donors (Lipinski definition) is 0. The molecule has 1 saturated heterocycles. The molecule has 0 aliphatic carbocycles. The van der Waals surface area contributed by atoms with Crippen LogP contribution in [0.4, 0.5) is 5.69 Å². The summed E-state index contributed by atoms with van der Waals surface area (Å²) >= 11 is 0. The quantitative estimate of drug-likeness (QED) is 0.652. The molecule has 7 heteroatoms. The standard InChI is InChI=1S/C22H25N3O3S/c1-16-5-4-6-20(13-16)25-12-11-24(14-17(25)2)29(26,27)21-9-7-19(8-10-21)22-15-28-18(3)23-22/h4-10,13,15,17H,11-12,14H2,1-3H3/t17-/m1/s1. The molecule has 6 nitrogen and oxygen atoms in total. The van der Waals surface area contributed by atoms with Gasteiger partial charge >= 0.3 is 0 Å². The van der Waals surface area contributed by atoms with Gasteiger partial charge in [0, 0.05) is 43.9 Å². The fraction of sp³-hybridized carbons (Fsp3) is 0.318. The van der Waals surface area contributed by atoms with Crippen molar-refractivity contribution >= 4 is 15.7 Å². The van der Waals surface area contributed by atoms with Crippen LogP contribution in [-0.2, 0) is 10.0 Å². The monoisotopic (exact) mass is 411 g/mol. The van der Waals surface area contributed by atoms with E-state index in [0.29, 0.717) is 36.1 Å². The Labute approximate surface area is 171 Å². The molecule has 1 aliphatic rings. The van der Waals surface area contributed by atoms with Crippen molar-refractivity contribution < 1.29 is 12.8 Å². The second kappa shape index (κ2) is 7.65. The van der Waals surface area contributed by atoms with Crippen molar-refractivity contribution in [2.75, 3.05) is 24.5 Å². The zero-order chi connectivity index (χ0) is 20.6. The van der Waals surface area contributed by atoms with Crippen molar-refractivity contribution in [3.8, 4) is 11.3 Å². The molecule has 0 N–H and O–H groups in total. The highest BCUT2D eigenvalue weighted by Gasteiger charge is 2.32.